The third-order valence-electron chi connectivity index (χ3n) is 5.59. The molecule has 0 saturated heterocycles. The molecule has 1 heterocycles. The van der Waals surface area contributed by atoms with Gasteiger partial charge in [-0.05, 0) is 48.6 Å². The highest BCUT2D eigenvalue weighted by Gasteiger charge is 2.08. The second kappa shape index (κ2) is 12.2. The number of unbranched alkanes of at least 4 members (excludes halogenated alkanes) is 5. The zero-order valence-corrected chi connectivity index (χ0v) is 18.9. The molecular weight excluding hydrogens is 385 g/mol. The molecule has 0 amide bonds. The molecule has 0 saturated carbocycles. The monoisotopic (exact) mass is 419 g/mol. The van der Waals surface area contributed by atoms with Crippen molar-refractivity contribution in [3.8, 4) is 28.1 Å². The Kier molecular flexibility index (Phi) is 9.08. The second-order valence-corrected chi connectivity index (χ2v) is 8.14. The molecule has 2 aromatic carbocycles. The van der Waals surface area contributed by atoms with Gasteiger partial charge < -0.3 is 4.74 Å². The van der Waals surface area contributed by atoms with E-state index in [0.29, 0.717) is 17.9 Å². The van der Waals surface area contributed by atoms with E-state index in [1.165, 1.54) is 37.3 Å². The number of nitrogens with zero attached hydrogens (tertiary/aromatic N) is 1. The summed E-state index contributed by atoms with van der Waals surface area (Å²) in [5.74, 6) is 0.333. The van der Waals surface area contributed by atoms with Crippen molar-refractivity contribution < 1.29 is 9.13 Å². The molecule has 0 radical (unpaired) electrons. The molecule has 3 aromatic rings. The van der Waals surface area contributed by atoms with Crippen molar-refractivity contribution in [2.75, 3.05) is 6.61 Å². The molecule has 0 aliphatic rings. The van der Waals surface area contributed by atoms with Crippen molar-refractivity contribution >= 4 is 0 Å². The number of benzene rings is 2. The molecule has 3 rings (SSSR count). The van der Waals surface area contributed by atoms with Crippen molar-refractivity contribution in [1.29, 1.82) is 0 Å². The first kappa shape index (κ1) is 23.0. The van der Waals surface area contributed by atoms with Crippen molar-refractivity contribution in [2.24, 2.45) is 0 Å². The Hall–Kier alpha value is -2.68. The molecule has 3 heteroatoms. The van der Waals surface area contributed by atoms with Crippen LogP contribution in [-0.2, 0) is 6.42 Å². The lowest BCUT2D eigenvalue weighted by Gasteiger charge is -2.09. The van der Waals surface area contributed by atoms with Crippen LogP contribution >= 0.6 is 0 Å². The molecule has 0 N–H and O–H groups in total. The van der Waals surface area contributed by atoms with E-state index in [2.05, 4.69) is 31.0 Å². The first-order valence-corrected chi connectivity index (χ1v) is 11.7. The minimum absolute atomic E-state index is 0.258. The van der Waals surface area contributed by atoms with Gasteiger partial charge in [0.25, 0.3) is 0 Å². The summed E-state index contributed by atoms with van der Waals surface area (Å²) in [5.41, 5.74) is 4.71. The lowest BCUT2D eigenvalue weighted by Crippen LogP contribution is -1.97. The van der Waals surface area contributed by atoms with Crippen LogP contribution in [0.3, 0.4) is 0 Å². The highest BCUT2D eigenvalue weighted by atomic mass is 19.1. The van der Waals surface area contributed by atoms with Gasteiger partial charge in [0.05, 0.1) is 12.3 Å². The van der Waals surface area contributed by atoms with Gasteiger partial charge in [0.1, 0.15) is 11.6 Å². The first-order chi connectivity index (χ1) is 15.2. The van der Waals surface area contributed by atoms with Crippen LogP contribution in [0.5, 0.6) is 5.75 Å². The fourth-order valence-electron chi connectivity index (χ4n) is 3.68. The predicted octanol–water partition coefficient (Wildman–Crippen LogP) is 8.25. The zero-order chi connectivity index (χ0) is 21.9. The summed E-state index contributed by atoms with van der Waals surface area (Å²) in [6, 6.07) is 17.3. The molecule has 0 fully saturated rings. The number of hydrogen-bond donors (Lipinski definition) is 0. The molecule has 0 atom stereocenters. The number of aromatic nitrogens is 1. The Morgan fingerprint density at radius 1 is 0.774 bits per heavy atom. The maximum Gasteiger partial charge on any atom is 0.134 e. The molecular formula is C28H34FNO. The second-order valence-electron chi connectivity index (χ2n) is 8.14. The van der Waals surface area contributed by atoms with Gasteiger partial charge >= 0.3 is 0 Å². The normalized spacial score (nSPS) is 10.9. The van der Waals surface area contributed by atoms with E-state index in [1.54, 1.807) is 6.07 Å². The van der Waals surface area contributed by atoms with E-state index in [-0.39, 0.29) is 5.82 Å². The predicted molar refractivity (Wildman–Crippen MR) is 128 cm³/mol. The Morgan fingerprint density at radius 3 is 2.19 bits per heavy atom. The molecule has 0 aliphatic heterocycles. The first-order valence-electron chi connectivity index (χ1n) is 11.7. The Balaban J connectivity index is 1.62. The van der Waals surface area contributed by atoms with Crippen LogP contribution in [0.25, 0.3) is 22.4 Å². The fourth-order valence-corrected chi connectivity index (χ4v) is 3.68. The van der Waals surface area contributed by atoms with Crippen molar-refractivity contribution in [3.63, 3.8) is 0 Å². The van der Waals surface area contributed by atoms with E-state index >= 15 is 0 Å². The summed E-state index contributed by atoms with van der Waals surface area (Å²) in [5, 5.41) is 0. The Morgan fingerprint density at radius 2 is 1.52 bits per heavy atom. The van der Waals surface area contributed by atoms with E-state index in [9.17, 15) is 4.39 Å². The average Bonchev–Trinajstić information content (AvgIpc) is 2.80. The number of rotatable bonds is 12. The highest BCUT2D eigenvalue weighted by Crippen LogP contribution is 2.28. The molecule has 0 spiro atoms. The quantitative estimate of drug-likeness (QED) is 0.276. The third-order valence-corrected chi connectivity index (χ3v) is 5.59. The topological polar surface area (TPSA) is 22.1 Å². The van der Waals surface area contributed by atoms with Gasteiger partial charge in [0, 0.05) is 23.4 Å². The fraction of sp³-hybridized carbons (Fsp3) is 0.393. The van der Waals surface area contributed by atoms with Gasteiger partial charge in [-0.1, -0.05) is 76.3 Å². The van der Waals surface area contributed by atoms with E-state index in [1.807, 2.05) is 36.5 Å². The summed E-state index contributed by atoms with van der Waals surface area (Å²) in [7, 11) is 0. The maximum absolute atomic E-state index is 14.6. The van der Waals surface area contributed by atoms with Crippen LogP contribution < -0.4 is 4.74 Å². The number of ether oxygens (including phenoxy) is 1. The van der Waals surface area contributed by atoms with Crippen molar-refractivity contribution in [1.82, 2.24) is 4.98 Å². The minimum Gasteiger partial charge on any atom is -0.493 e. The van der Waals surface area contributed by atoms with Gasteiger partial charge in [-0.2, -0.15) is 0 Å². The average molecular weight is 420 g/mol. The minimum atomic E-state index is -0.258. The lowest BCUT2D eigenvalue weighted by atomic mass is 10.0. The zero-order valence-electron chi connectivity index (χ0n) is 18.9. The number of halogens is 1. The SMILES string of the molecule is CCCCCCc1ccc(-c2ccc(-c3ccc(OCCCCC)cc3F)cc2)nc1. The Labute approximate surface area is 186 Å². The van der Waals surface area contributed by atoms with Crippen LogP contribution in [0.2, 0.25) is 0 Å². The van der Waals surface area contributed by atoms with E-state index < -0.39 is 0 Å². The van der Waals surface area contributed by atoms with E-state index in [0.717, 1.165) is 42.5 Å². The molecule has 164 valence electrons. The smallest absolute Gasteiger partial charge is 0.134 e. The van der Waals surface area contributed by atoms with Gasteiger partial charge in [-0.3, -0.25) is 4.98 Å². The molecule has 2 nitrogen and oxygen atoms in total. The van der Waals surface area contributed by atoms with Crippen molar-refractivity contribution in [3.05, 3.63) is 72.2 Å². The standard InChI is InChI=1S/C28H34FNO/c1-3-5-7-8-10-22-11-18-28(30-21-22)24-14-12-23(13-15-24)26-17-16-25(20-27(26)29)31-19-9-6-4-2/h11-18,20-21H,3-10,19H2,1-2H3. The van der Waals surface area contributed by atoms with Crippen LogP contribution in [-0.4, -0.2) is 11.6 Å². The number of aryl methyl sites for hydroxylation is 1. The summed E-state index contributed by atoms with van der Waals surface area (Å²) in [4.78, 5) is 4.63. The van der Waals surface area contributed by atoms with Gasteiger partial charge in [-0.25, -0.2) is 4.39 Å². The molecule has 0 aliphatic carbocycles. The number of hydrogen-bond acceptors (Lipinski definition) is 2. The van der Waals surface area contributed by atoms with Gasteiger partial charge in [-0.15, -0.1) is 0 Å². The Bertz CT molecular complexity index is 919. The number of pyridine rings is 1. The van der Waals surface area contributed by atoms with Crippen LogP contribution in [0, 0.1) is 5.82 Å². The summed E-state index contributed by atoms with van der Waals surface area (Å²) < 4.78 is 20.3. The molecule has 31 heavy (non-hydrogen) atoms. The summed E-state index contributed by atoms with van der Waals surface area (Å²) >= 11 is 0. The highest BCUT2D eigenvalue weighted by molar-refractivity contribution is 5.69. The maximum atomic E-state index is 14.6. The van der Waals surface area contributed by atoms with Crippen LogP contribution in [0.4, 0.5) is 4.39 Å². The third kappa shape index (κ3) is 6.92. The lowest BCUT2D eigenvalue weighted by molar-refractivity contribution is 0.305. The molecule has 1 aromatic heterocycles. The van der Waals surface area contributed by atoms with Crippen LogP contribution in [0.1, 0.15) is 64.4 Å². The summed E-state index contributed by atoms with van der Waals surface area (Å²) in [6.45, 7) is 5.02. The van der Waals surface area contributed by atoms with E-state index in [4.69, 9.17) is 4.74 Å². The summed E-state index contributed by atoms with van der Waals surface area (Å²) in [6.07, 6.45) is 11.4. The largest absolute Gasteiger partial charge is 0.493 e. The molecule has 0 unspecified atom stereocenters. The van der Waals surface area contributed by atoms with Gasteiger partial charge in [0.2, 0.25) is 0 Å². The van der Waals surface area contributed by atoms with Gasteiger partial charge in [0.15, 0.2) is 0 Å². The van der Waals surface area contributed by atoms with Crippen LogP contribution in [0.15, 0.2) is 60.8 Å². The van der Waals surface area contributed by atoms with Crippen molar-refractivity contribution in [2.45, 2.75) is 65.2 Å². The molecule has 0 bridgehead atoms.